The normalized spacial score (nSPS) is 18.3. The fourth-order valence-electron chi connectivity index (χ4n) is 3.15. The number of non-ortho nitro benzene ring substituents is 2. The first kappa shape index (κ1) is 20.9. The summed E-state index contributed by atoms with van der Waals surface area (Å²) in [6, 6.07) is 10.3. The molecule has 0 atom stereocenters. The van der Waals surface area contributed by atoms with Gasteiger partial charge < -0.3 is 9.47 Å². The molecule has 1 aliphatic carbocycles. The van der Waals surface area contributed by atoms with Crippen LogP contribution < -0.4 is 0 Å². The summed E-state index contributed by atoms with van der Waals surface area (Å²) in [5.74, 6) is -1.12. The first-order chi connectivity index (χ1) is 14.3. The van der Waals surface area contributed by atoms with Crippen LogP contribution in [0.4, 0.5) is 11.4 Å². The molecule has 0 aromatic heterocycles. The number of nitro groups is 2. The van der Waals surface area contributed by atoms with Crippen molar-refractivity contribution in [2.75, 3.05) is 0 Å². The fourth-order valence-corrected chi connectivity index (χ4v) is 3.15. The van der Waals surface area contributed by atoms with Crippen molar-refractivity contribution in [3.05, 3.63) is 79.9 Å². The standard InChI is InChI=1S/C20H18N2O8/c23-19(13-1-5-15(6-2-13)21(25)26)29-17-9-11-18(12-10-17)30-20(24)14-3-7-16(8-4-14)22(27)28/h1-8,17-18H,9-12H2. The van der Waals surface area contributed by atoms with Crippen molar-refractivity contribution in [3.8, 4) is 0 Å². The maximum absolute atomic E-state index is 12.2. The first-order valence-electron chi connectivity index (χ1n) is 9.24. The van der Waals surface area contributed by atoms with Crippen LogP contribution in [0.15, 0.2) is 48.5 Å². The van der Waals surface area contributed by atoms with Crippen molar-refractivity contribution in [1.82, 2.24) is 0 Å². The largest absolute Gasteiger partial charge is 0.459 e. The van der Waals surface area contributed by atoms with Gasteiger partial charge in [0.05, 0.1) is 21.0 Å². The van der Waals surface area contributed by atoms with Crippen molar-refractivity contribution in [2.24, 2.45) is 0 Å². The summed E-state index contributed by atoms with van der Waals surface area (Å²) in [6.07, 6.45) is 1.38. The number of benzene rings is 2. The van der Waals surface area contributed by atoms with Crippen LogP contribution in [0, 0.1) is 20.2 Å². The van der Waals surface area contributed by atoms with Crippen LogP contribution in [0.2, 0.25) is 0 Å². The molecule has 0 radical (unpaired) electrons. The molecule has 1 saturated carbocycles. The molecule has 0 amide bonds. The molecule has 156 valence electrons. The summed E-state index contributed by atoms with van der Waals surface area (Å²) >= 11 is 0. The Kier molecular flexibility index (Phi) is 6.35. The molecule has 0 aliphatic heterocycles. The van der Waals surface area contributed by atoms with E-state index in [1.54, 1.807) is 0 Å². The molecular weight excluding hydrogens is 396 g/mol. The number of carbonyl (C=O) groups is 2. The Bertz CT molecular complexity index is 868. The molecule has 0 unspecified atom stereocenters. The average molecular weight is 414 g/mol. The lowest BCUT2D eigenvalue weighted by Crippen LogP contribution is -2.29. The summed E-state index contributed by atoms with van der Waals surface area (Å²) in [6.45, 7) is 0. The highest BCUT2D eigenvalue weighted by Gasteiger charge is 2.27. The van der Waals surface area contributed by atoms with Crippen molar-refractivity contribution in [2.45, 2.75) is 37.9 Å². The summed E-state index contributed by atoms with van der Waals surface area (Å²) in [4.78, 5) is 44.6. The van der Waals surface area contributed by atoms with Gasteiger partial charge in [0.2, 0.25) is 0 Å². The third-order valence-electron chi connectivity index (χ3n) is 4.80. The second-order valence-electron chi connectivity index (χ2n) is 6.82. The Morgan fingerprint density at radius 2 is 0.967 bits per heavy atom. The number of nitro benzene ring substituents is 2. The number of hydrogen-bond donors (Lipinski definition) is 0. The predicted molar refractivity (Wildman–Crippen MR) is 103 cm³/mol. The van der Waals surface area contributed by atoms with E-state index in [0.717, 1.165) is 0 Å². The van der Waals surface area contributed by atoms with E-state index < -0.39 is 21.8 Å². The van der Waals surface area contributed by atoms with Gasteiger partial charge in [-0.15, -0.1) is 0 Å². The highest BCUT2D eigenvalue weighted by Crippen LogP contribution is 2.26. The molecule has 0 heterocycles. The van der Waals surface area contributed by atoms with Gasteiger partial charge in [-0.3, -0.25) is 20.2 Å². The van der Waals surface area contributed by atoms with Gasteiger partial charge >= 0.3 is 11.9 Å². The van der Waals surface area contributed by atoms with Crippen molar-refractivity contribution in [1.29, 1.82) is 0 Å². The Balaban J connectivity index is 1.47. The fraction of sp³-hybridized carbons (Fsp3) is 0.300. The molecule has 0 spiro atoms. The van der Waals surface area contributed by atoms with Crippen LogP contribution >= 0.6 is 0 Å². The number of hydrogen-bond acceptors (Lipinski definition) is 8. The van der Waals surface area contributed by atoms with E-state index in [1.165, 1.54) is 48.5 Å². The van der Waals surface area contributed by atoms with E-state index in [0.29, 0.717) is 25.7 Å². The number of esters is 2. The second kappa shape index (κ2) is 9.12. The monoisotopic (exact) mass is 414 g/mol. The molecule has 30 heavy (non-hydrogen) atoms. The molecule has 3 rings (SSSR count). The summed E-state index contributed by atoms with van der Waals surface area (Å²) in [7, 11) is 0. The predicted octanol–water partition coefficient (Wildman–Crippen LogP) is 3.83. The van der Waals surface area contributed by atoms with Gasteiger partial charge in [0.25, 0.3) is 11.4 Å². The summed E-state index contributed by atoms with van der Waals surface area (Å²) in [5.41, 5.74) is 0.239. The molecule has 10 heteroatoms. The van der Waals surface area contributed by atoms with Crippen LogP contribution in [0.25, 0.3) is 0 Å². The molecule has 1 aliphatic rings. The second-order valence-corrected chi connectivity index (χ2v) is 6.82. The molecule has 2 aromatic carbocycles. The van der Waals surface area contributed by atoms with E-state index in [-0.39, 0.29) is 34.7 Å². The lowest BCUT2D eigenvalue weighted by Gasteiger charge is -2.28. The van der Waals surface area contributed by atoms with E-state index >= 15 is 0 Å². The number of nitrogens with zero attached hydrogens (tertiary/aromatic N) is 2. The highest BCUT2D eigenvalue weighted by molar-refractivity contribution is 5.90. The Morgan fingerprint density at radius 1 is 0.667 bits per heavy atom. The van der Waals surface area contributed by atoms with Gasteiger partial charge in [-0.25, -0.2) is 9.59 Å². The van der Waals surface area contributed by atoms with E-state index in [4.69, 9.17) is 9.47 Å². The molecular formula is C20H18N2O8. The SMILES string of the molecule is O=C(OC1CCC(OC(=O)c2ccc([N+](=O)[O-])cc2)CC1)c1ccc([N+](=O)[O-])cc1. The van der Waals surface area contributed by atoms with Crippen LogP contribution in [0.5, 0.6) is 0 Å². The van der Waals surface area contributed by atoms with Crippen molar-refractivity contribution < 1.29 is 28.9 Å². The minimum atomic E-state index is -0.559. The van der Waals surface area contributed by atoms with E-state index in [2.05, 4.69) is 0 Å². The Hall–Kier alpha value is -3.82. The lowest BCUT2D eigenvalue weighted by molar-refractivity contribution is -0.385. The van der Waals surface area contributed by atoms with Gasteiger partial charge in [0, 0.05) is 24.3 Å². The van der Waals surface area contributed by atoms with Crippen molar-refractivity contribution >= 4 is 23.3 Å². The molecule has 10 nitrogen and oxygen atoms in total. The molecule has 0 N–H and O–H groups in total. The minimum absolute atomic E-state index is 0.109. The maximum Gasteiger partial charge on any atom is 0.338 e. The molecule has 2 aromatic rings. The van der Waals surface area contributed by atoms with Crippen molar-refractivity contribution in [3.63, 3.8) is 0 Å². The van der Waals surface area contributed by atoms with E-state index in [1.807, 2.05) is 0 Å². The summed E-state index contributed by atoms with van der Waals surface area (Å²) in [5, 5.41) is 21.3. The smallest absolute Gasteiger partial charge is 0.338 e. The zero-order valence-electron chi connectivity index (χ0n) is 15.8. The van der Waals surface area contributed by atoms with Gasteiger partial charge in [-0.2, -0.15) is 0 Å². The molecule has 1 fully saturated rings. The minimum Gasteiger partial charge on any atom is -0.459 e. The van der Waals surface area contributed by atoms with Gasteiger partial charge in [-0.1, -0.05) is 0 Å². The average Bonchev–Trinajstić information content (AvgIpc) is 2.75. The first-order valence-corrected chi connectivity index (χ1v) is 9.24. The highest BCUT2D eigenvalue weighted by atomic mass is 16.6. The number of rotatable bonds is 6. The van der Waals surface area contributed by atoms with Gasteiger partial charge in [0.15, 0.2) is 0 Å². The van der Waals surface area contributed by atoms with Crippen LogP contribution in [0.3, 0.4) is 0 Å². The van der Waals surface area contributed by atoms with Crippen LogP contribution in [0.1, 0.15) is 46.4 Å². The summed E-state index contributed by atoms with van der Waals surface area (Å²) < 4.78 is 10.9. The third kappa shape index (κ3) is 5.16. The van der Waals surface area contributed by atoms with Crippen LogP contribution in [-0.4, -0.2) is 34.0 Å². The van der Waals surface area contributed by atoms with Gasteiger partial charge in [-0.05, 0) is 49.9 Å². The topological polar surface area (TPSA) is 139 Å². The molecule has 0 saturated heterocycles. The maximum atomic E-state index is 12.2. The molecule has 0 bridgehead atoms. The third-order valence-corrected chi connectivity index (χ3v) is 4.80. The van der Waals surface area contributed by atoms with Crippen LogP contribution in [-0.2, 0) is 9.47 Å². The zero-order valence-corrected chi connectivity index (χ0v) is 15.8. The van der Waals surface area contributed by atoms with E-state index in [9.17, 15) is 29.8 Å². The Morgan fingerprint density at radius 3 is 1.23 bits per heavy atom. The Labute approximate surface area is 170 Å². The number of carbonyl (C=O) groups excluding carboxylic acids is 2. The lowest BCUT2D eigenvalue weighted by atomic mass is 9.95. The quantitative estimate of drug-likeness (QED) is 0.395. The van der Waals surface area contributed by atoms with Gasteiger partial charge in [0.1, 0.15) is 12.2 Å². The number of ether oxygens (including phenoxy) is 2. The zero-order chi connectivity index (χ0) is 21.7.